The van der Waals surface area contributed by atoms with E-state index in [1.165, 1.54) is 205 Å². The van der Waals surface area contributed by atoms with Gasteiger partial charge in [-0.3, -0.25) is 14.4 Å². The van der Waals surface area contributed by atoms with Gasteiger partial charge >= 0.3 is 17.9 Å². The zero-order chi connectivity index (χ0) is 46.1. The van der Waals surface area contributed by atoms with Crippen molar-refractivity contribution in [1.82, 2.24) is 0 Å². The maximum absolute atomic E-state index is 12.8. The molecular weight excluding hydrogens is 781 g/mol. The smallest absolute Gasteiger partial charge is 0.306 e. The van der Waals surface area contributed by atoms with E-state index in [2.05, 4.69) is 34.6 Å². The van der Waals surface area contributed by atoms with Gasteiger partial charge in [0.05, 0.1) is 0 Å². The van der Waals surface area contributed by atoms with Crippen LogP contribution in [0.15, 0.2) is 0 Å². The van der Waals surface area contributed by atoms with Crippen LogP contribution >= 0.6 is 0 Å². The average Bonchev–Trinajstić information content (AvgIpc) is 3.25. The summed E-state index contributed by atoms with van der Waals surface area (Å²) in [6.07, 6.45) is 52.3. The first kappa shape index (κ1) is 61.4. The van der Waals surface area contributed by atoms with Gasteiger partial charge in [0.25, 0.3) is 0 Å². The lowest BCUT2D eigenvalue weighted by Gasteiger charge is -2.18. The van der Waals surface area contributed by atoms with E-state index >= 15 is 0 Å². The van der Waals surface area contributed by atoms with Gasteiger partial charge in [-0.1, -0.05) is 279 Å². The van der Waals surface area contributed by atoms with Crippen molar-refractivity contribution < 1.29 is 28.6 Å². The summed E-state index contributed by atoms with van der Waals surface area (Å²) in [4.78, 5) is 38.0. The molecule has 6 heteroatoms. The summed E-state index contributed by atoms with van der Waals surface area (Å²) in [6, 6.07) is 0. The first-order chi connectivity index (χ1) is 30.7. The molecule has 0 radical (unpaired) electrons. The summed E-state index contributed by atoms with van der Waals surface area (Å²) in [7, 11) is 0. The highest BCUT2D eigenvalue weighted by Gasteiger charge is 2.19. The molecule has 0 aromatic carbocycles. The van der Waals surface area contributed by atoms with Crippen molar-refractivity contribution in [3.8, 4) is 0 Å². The highest BCUT2D eigenvalue weighted by molar-refractivity contribution is 5.71. The fourth-order valence-corrected chi connectivity index (χ4v) is 8.70. The minimum atomic E-state index is -0.762. The lowest BCUT2D eigenvalue weighted by Crippen LogP contribution is -2.30. The minimum absolute atomic E-state index is 0.0629. The topological polar surface area (TPSA) is 78.9 Å². The van der Waals surface area contributed by atoms with Gasteiger partial charge in [0, 0.05) is 19.3 Å². The van der Waals surface area contributed by atoms with Crippen LogP contribution in [0.4, 0.5) is 0 Å². The Labute approximate surface area is 393 Å². The van der Waals surface area contributed by atoms with Crippen LogP contribution in [0.1, 0.15) is 317 Å². The summed E-state index contributed by atoms with van der Waals surface area (Å²) >= 11 is 0. The van der Waals surface area contributed by atoms with Crippen LogP contribution in [0.5, 0.6) is 0 Å². The van der Waals surface area contributed by atoms with E-state index < -0.39 is 6.10 Å². The molecule has 0 aromatic rings. The molecule has 0 spiro atoms. The third kappa shape index (κ3) is 51.3. The van der Waals surface area contributed by atoms with Gasteiger partial charge in [0.2, 0.25) is 0 Å². The monoisotopic (exact) mass is 891 g/mol. The zero-order valence-corrected chi connectivity index (χ0v) is 43.2. The van der Waals surface area contributed by atoms with Crippen molar-refractivity contribution in [2.45, 2.75) is 323 Å². The first-order valence-corrected chi connectivity index (χ1v) is 28.2. The molecule has 0 saturated carbocycles. The van der Waals surface area contributed by atoms with Gasteiger partial charge in [-0.25, -0.2) is 0 Å². The van der Waals surface area contributed by atoms with Gasteiger partial charge in [-0.2, -0.15) is 0 Å². The molecule has 0 aliphatic carbocycles. The van der Waals surface area contributed by atoms with Crippen LogP contribution in [-0.4, -0.2) is 37.2 Å². The Kier molecular flexibility index (Phi) is 48.6. The van der Waals surface area contributed by atoms with Gasteiger partial charge in [-0.15, -0.1) is 0 Å². The number of rotatable bonds is 51. The number of carbonyl (C=O) groups excluding carboxylic acids is 3. The standard InChI is InChI=1S/C57H110O6/c1-6-7-8-9-10-11-20-27-32-37-42-47-55(58)61-50-54(51-62-56(59)48-43-38-33-28-23-19-18-22-26-31-36-41-46-53(4)5)63-57(60)49-44-39-34-29-24-17-15-13-12-14-16-21-25-30-35-40-45-52(2)3/h52-54H,6-51H2,1-5H3/t54-/m1/s1. The second kappa shape index (κ2) is 49.8. The van der Waals surface area contributed by atoms with Gasteiger partial charge in [0.1, 0.15) is 13.2 Å². The summed E-state index contributed by atoms with van der Waals surface area (Å²) in [6.45, 7) is 11.4. The van der Waals surface area contributed by atoms with Crippen molar-refractivity contribution >= 4 is 17.9 Å². The zero-order valence-electron chi connectivity index (χ0n) is 43.2. The molecule has 0 rings (SSSR count). The molecule has 0 N–H and O–H groups in total. The largest absolute Gasteiger partial charge is 0.462 e. The molecular formula is C57H110O6. The molecule has 6 nitrogen and oxygen atoms in total. The molecule has 0 saturated heterocycles. The van der Waals surface area contributed by atoms with E-state index in [0.717, 1.165) is 69.6 Å². The van der Waals surface area contributed by atoms with Crippen molar-refractivity contribution in [3.05, 3.63) is 0 Å². The SMILES string of the molecule is CCCCCCCCCCCCCC(=O)OC[C@H](COC(=O)CCCCCCCCCCCCCCC(C)C)OC(=O)CCCCCCCCCCCCCCCCCCC(C)C. The lowest BCUT2D eigenvalue weighted by atomic mass is 10.0. The van der Waals surface area contributed by atoms with Crippen molar-refractivity contribution in [2.24, 2.45) is 11.8 Å². The van der Waals surface area contributed by atoms with Gasteiger partial charge < -0.3 is 14.2 Å². The molecule has 0 unspecified atom stereocenters. The second-order valence-corrected chi connectivity index (χ2v) is 20.5. The molecule has 63 heavy (non-hydrogen) atoms. The maximum atomic E-state index is 12.8. The Morgan fingerprint density at radius 1 is 0.302 bits per heavy atom. The average molecular weight is 892 g/mol. The van der Waals surface area contributed by atoms with Crippen LogP contribution in [0.3, 0.4) is 0 Å². The highest BCUT2D eigenvalue weighted by Crippen LogP contribution is 2.18. The molecule has 0 heterocycles. The van der Waals surface area contributed by atoms with Gasteiger partial charge in [0.15, 0.2) is 6.10 Å². The highest BCUT2D eigenvalue weighted by atomic mass is 16.6. The second-order valence-electron chi connectivity index (χ2n) is 20.5. The van der Waals surface area contributed by atoms with E-state index in [1.807, 2.05) is 0 Å². The molecule has 0 aliphatic rings. The van der Waals surface area contributed by atoms with Crippen LogP contribution in [0.2, 0.25) is 0 Å². The number of unbranched alkanes of at least 4 members (excludes halogenated alkanes) is 36. The van der Waals surface area contributed by atoms with E-state index in [0.29, 0.717) is 19.3 Å². The molecule has 0 aromatic heterocycles. The summed E-state index contributed by atoms with van der Waals surface area (Å²) in [5.41, 5.74) is 0. The number of hydrogen-bond donors (Lipinski definition) is 0. The van der Waals surface area contributed by atoms with Crippen molar-refractivity contribution in [2.75, 3.05) is 13.2 Å². The Morgan fingerprint density at radius 2 is 0.524 bits per heavy atom. The summed E-state index contributed by atoms with van der Waals surface area (Å²) in [5.74, 6) is 0.844. The Morgan fingerprint density at radius 3 is 0.778 bits per heavy atom. The van der Waals surface area contributed by atoms with Crippen molar-refractivity contribution in [1.29, 1.82) is 0 Å². The minimum Gasteiger partial charge on any atom is -0.462 e. The summed E-state index contributed by atoms with van der Waals surface area (Å²) in [5, 5.41) is 0. The normalized spacial score (nSPS) is 12.0. The van der Waals surface area contributed by atoms with Crippen LogP contribution in [0, 0.1) is 11.8 Å². The molecule has 0 amide bonds. The van der Waals surface area contributed by atoms with Crippen LogP contribution in [0.25, 0.3) is 0 Å². The Balaban J connectivity index is 4.26. The lowest BCUT2D eigenvalue weighted by molar-refractivity contribution is -0.167. The third-order valence-electron chi connectivity index (χ3n) is 13.0. The fourth-order valence-electron chi connectivity index (χ4n) is 8.70. The molecule has 1 atom stereocenters. The maximum Gasteiger partial charge on any atom is 0.306 e. The fraction of sp³-hybridized carbons (Fsp3) is 0.947. The molecule has 0 bridgehead atoms. The van der Waals surface area contributed by atoms with E-state index in [9.17, 15) is 14.4 Å². The number of esters is 3. The molecule has 0 aliphatic heterocycles. The Hall–Kier alpha value is -1.59. The van der Waals surface area contributed by atoms with E-state index in [1.54, 1.807) is 0 Å². The van der Waals surface area contributed by atoms with E-state index in [-0.39, 0.29) is 31.1 Å². The quantitative estimate of drug-likeness (QED) is 0.0344. The summed E-state index contributed by atoms with van der Waals surface area (Å²) < 4.78 is 16.9. The predicted octanol–water partition coefficient (Wildman–Crippen LogP) is 18.5. The van der Waals surface area contributed by atoms with Crippen LogP contribution in [-0.2, 0) is 28.6 Å². The number of hydrogen-bond acceptors (Lipinski definition) is 6. The molecule has 374 valence electrons. The first-order valence-electron chi connectivity index (χ1n) is 28.2. The number of ether oxygens (including phenoxy) is 3. The van der Waals surface area contributed by atoms with Crippen molar-refractivity contribution in [3.63, 3.8) is 0 Å². The molecule has 0 fully saturated rings. The Bertz CT molecular complexity index is 962. The van der Waals surface area contributed by atoms with Crippen LogP contribution < -0.4 is 0 Å². The van der Waals surface area contributed by atoms with E-state index in [4.69, 9.17) is 14.2 Å². The number of carbonyl (C=O) groups is 3. The third-order valence-corrected chi connectivity index (χ3v) is 13.0. The predicted molar refractivity (Wildman–Crippen MR) is 270 cm³/mol. The van der Waals surface area contributed by atoms with Gasteiger partial charge in [-0.05, 0) is 31.1 Å².